The highest BCUT2D eigenvalue weighted by atomic mass is 127. The minimum absolute atomic E-state index is 0.0255. The van der Waals surface area contributed by atoms with E-state index in [1.807, 2.05) is 0 Å². The van der Waals surface area contributed by atoms with E-state index in [0.29, 0.717) is 32.0 Å². The van der Waals surface area contributed by atoms with Crippen LogP contribution < -0.4 is 0 Å². The van der Waals surface area contributed by atoms with Crippen LogP contribution in [0.15, 0.2) is 0 Å². The lowest BCUT2D eigenvalue weighted by atomic mass is 9.32. The Kier molecular flexibility index (Phi) is 6.58. The molecule has 0 spiro atoms. The summed E-state index contributed by atoms with van der Waals surface area (Å²) in [6.07, 6.45) is 13.8. The molecular formula is C32H53IO2. The first-order valence-corrected chi connectivity index (χ1v) is 16.5. The molecule has 3 heteroatoms. The number of alkyl halides is 1. The molecule has 0 saturated heterocycles. The Balaban J connectivity index is 1.47. The minimum atomic E-state index is -0.0255. The molecule has 5 aliphatic carbocycles. The van der Waals surface area contributed by atoms with Crippen LogP contribution in [0.25, 0.3) is 0 Å². The maximum absolute atomic E-state index is 12.2. The number of esters is 1. The van der Waals surface area contributed by atoms with Gasteiger partial charge in [0.15, 0.2) is 0 Å². The molecule has 5 aliphatic rings. The summed E-state index contributed by atoms with van der Waals surface area (Å²) in [4.78, 5) is 12.2. The number of carbonyl (C=O) groups is 1. The number of ether oxygens (including phenoxy) is 1. The molecule has 0 aliphatic heterocycles. The van der Waals surface area contributed by atoms with Crippen molar-refractivity contribution in [3.8, 4) is 0 Å². The van der Waals surface area contributed by atoms with Gasteiger partial charge in [0.2, 0.25) is 0 Å². The molecule has 0 unspecified atom stereocenters. The second-order valence-corrected chi connectivity index (χ2v) is 16.5. The van der Waals surface area contributed by atoms with Crippen LogP contribution in [0.1, 0.15) is 120 Å². The molecule has 0 aromatic rings. The molecule has 5 rings (SSSR count). The van der Waals surface area contributed by atoms with E-state index in [2.05, 4.69) is 78.0 Å². The van der Waals surface area contributed by atoms with Gasteiger partial charge >= 0.3 is 5.97 Å². The van der Waals surface area contributed by atoms with Gasteiger partial charge in [-0.15, -0.1) is 0 Å². The highest BCUT2D eigenvalue weighted by Crippen LogP contribution is 2.77. The third-order valence-electron chi connectivity index (χ3n) is 14.1. The highest BCUT2D eigenvalue weighted by Gasteiger charge is 2.70. The van der Waals surface area contributed by atoms with E-state index in [-0.39, 0.29) is 17.5 Å². The monoisotopic (exact) mass is 596 g/mol. The van der Waals surface area contributed by atoms with Crippen molar-refractivity contribution in [2.24, 2.45) is 62.6 Å². The zero-order valence-electron chi connectivity index (χ0n) is 24.0. The maximum Gasteiger partial charge on any atom is 0.316 e. The van der Waals surface area contributed by atoms with Gasteiger partial charge in [-0.2, -0.15) is 0 Å². The average molecular weight is 597 g/mol. The first-order valence-electron chi connectivity index (χ1n) is 15.0. The molecule has 5 saturated carbocycles. The van der Waals surface area contributed by atoms with Gasteiger partial charge in [-0.1, -0.05) is 78.0 Å². The molecular weight excluding hydrogens is 543 g/mol. The summed E-state index contributed by atoms with van der Waals surface area (Å²) >= 11 is 2.15. The van der Waals surface area contributed by atoms with Gasteiger partial charge in [-0.05, 0) is 121 Å². The van der Waals surface area contributed by atoms with E-state index in [1.54, 1.807) is 0 Å². The summed E-state index contributed by atoms with van der Waals surface area (Å²) in [6, 6.07) is 0. The van der Waals surface area contributed by atoms with Gasteiger partial charge in [0.25, 0.3) is 0 Å². The number of halogens is 1. The molecule has 5 fully saturated rings. The smallest absolute Gasteiger partial charge is 0.316 e. The molecule has 0 bridgehead atoms. The van der Waals surface area contributed by atoms with Crippen LogP contribution >= 0.6 is 22.6 Å². The van der Waals surface area contributed by atoms with E-state index in [9.17, 15) is 4.79 Å². The van der Waals surface area contributed by atoms with Crippen molar-refractivity contribution in [1.82, 2.24) is 0 Å². The molecule has 0 heterocycles. The topological polar surface area (TPSA) is 26.3 Å². The Bertz CT molecular complexity index is 851. The Morgan fingerprint density at radius 2 is 1.54 bits per heavy atom. The number of rotatable bonds is 3. The molecule has 0 amide bonds. The van der Waals surface area contributed by atoms with Crippen molar-refractivity contribution in [2.75, 3.05) is 4.43 Å². The first kappa shape index (κ1) is 26.8. The van der Waals surface area contributed by atoms with E-state index in [4.69, 9.17) is 4.74 Å². The van der Waals surface area contributed by atoms with Crippen LogP contribution in [-0.4, -0.2) is 16.5 Å². The lowest BCUT2D eigenvalue weighted by Gasteiger charge is -2.73. The van der Waals surface area contributed by atoms with Crippen molar-refractivity contribution in [1.29, 1.82) is 0 Å². The molecule has 35 heavy (non-hydrogen) atoms. The Morgan fingerprint density at radius 3 is 2.20 bits per heavy atom. The van der Waals surface area contributed by atoms with Crippen LogP contribution in [0.2, 0.25) is 0 Å². The molecule has 0 aromatic heterocycles. The second kappa shape index (κ2) is 8.60. The van der Waals surface area contributed by atoms with Crippen molar-refractivity contribution in [2.45, 2.75) is 126 Å². The van der Waals surface area contributed by atoms with Crippen molar-refractivity contribution in [3.05, 3.63) is 0 Å². The second-order valence-electron chi connectivity index (χ2n) is 15.8. The van der Waals surface area contributed by atoms with E-state index in [0.717, 1.165) is 36.0 Å². The molecule has 0 N–H and O–H groups in total. The predicted molar refractivity (Wildman–Crippen MR) is 153 cm³/mol. The standard InChI is InChI=1S/C32H53IO2/c1-20(2)21-11-14-29(5)17-18-31(7)22(27(21)29)9-10-24-30(6)15-13-25(35-26(34)19-33)28(3,4)23(30)12-16-32(24,31)8/h20-25,27H,9-19H2,1-8H3/t21-,22+,23-,24+,25-,27+,29+,30+,31+,32-/m0/s1. The molecule has 0 aromatic carbocycles. The summed E-state index contributed by atoms with van der Waals surface area (Å²) in [5.74, 6) is 5.03. The normalized spacial score (nSPS) is 52.7. The van der Waals surface area contributed by atoms with Crippen LogP contribution in [0.3, 0.4) is 0 Å². The van der Waals surface area contributed by atoms with Gasteiger partial charge < -0.3 is 4.74 Å². The average Bonchev–Trinajstić information content (AvgIpc) is 3.14. The van der Waals surface area contributed by atoms with Gasteiger partial charge in [-0.3, -0.25) is 4.79 Å². The summed E-state index contributed by atoms with van der Waals surface area (Å²) in [6.45, 7) is 20.7. The predicted octanol–water partition coefficient (Wildman–Crippen LogP) is 9.09. The number of fused-ring (bicyclic) bond motifs is 7. The van der Waals surface area contributed by atoms with E-state index in [1.165, 1.54) is 57.8 Å². The van der Waals surface area contributed by atoms with Crippen LogP contribution in [0.5, 0.6) is 0 Å². The summed E-state index contributed by atoms with van der Waals surface area (Å²) in [7, 11) is 0. The molecule has 10 atom stereocenters. The van der Waals surface area contributed by atoms with E-state index >= 15 is 0 Å². The van der Waals surface area contributed by atoms with Gasteiger partial charge in [0, 0.05) is 5.41 Å². The third-order valence-corrected chi connectivity index (χ3v) is 14.7. The zero-order chi connectivity index (χ0) is 25.6. The van der Waals surface area contributed by atoms with Crippen LogP contribution in [-0.2, 0) is 9.53 Å². The summed E-state index contributed by atoms with van der Waals surface area (Å²) in [5, 5.41) is 0. The Morgan fingerprint density at radius 1 is 0.829 bits per heavy atom. The molecule has 0 radical (unpaired) electrons. The van der Waals surface area contributed by atoms with E-state index < -0.39 is 0 Å². The lowest BCUT2D eigenvalue weighted by molar-refractivity contribution is -0.250. The SMILES string of the molecule is CC(C)[C@@H]1CC[C@]2(C)CC[C@]3(C)[C@H](CC[C@@H]4[C@]5(C)CC[C@H](OC(=O)CI)C(C)(C)[C@@H]5CC[C@@]43C)[C@@H]12. The summed E-state index contributed by atoms with van der Waals surface area (Å²) in [5.41, 5.74) is 1.93. The number of carbonyl (C=O) groups excluding carboxylic acids is 1. The quantitative estimate of drug-likeness (QED) is 0.185. The largest absolute Gasteiger partial charge is 0.461 e. The van der Waals surface area contributed by atoms with Crippen molar-refractivity contribution < 1.29 is 9.53 Å². The van der Waals surface area contributed by atoms with Crippen molar-refractivity contribution in [3.63, 3.8) is 0 Å². The number of hydrogen-bond donors (Lipinski definition) is 0. The zero-order valence-corrected chi connectivity index (χ0v) is 26.2. The van der Waals surface area contributed by atoms with Gasteiger partial charge in [-0.25, -0.2) is 0 Å². The lowest BCUT2D eigenvalue weighted by Crippen LogP contribution is -2.66. The minimum Gasteiger partial charge on any atom is -0.461 e. The van der Waals surface area contributed by atoms with Crippen LogP contribution in [0.4, 0.5) is 0 Å². The Hall–Kier alpha value is 0.200. The summed E-state index contributed by atoms with van der Waals surface area (Å²) < 4.78 is 6.53. The fraction of sp³-hybridized carbons (Fsp3) is 0.969. The molecule has 2 nitrogen and oxygen atoms in total. The molecule has 200 valence electrons. The fourth-order valence-electron chi connectivity index (χ4n) is 12.1. The highest BCUT2D eigenvalue weighted by molar-refractivity contribution is 14.1. The van der Waals surface area contributed by atoms with Crippen LogP contribution in [0, 0.1) is 62.6 Å². The number of hydrogen-bond acceptors (Lipinski definition) is 2. The third kappa shape index (κ3) is 3.60. The van der Waals surface area contributed by atoms with Gasteiger partial charge in [0.1, 0.15) is 6.10 Å². The Labute approximate surface area is 230 Å². The van der Waals surface area contributed by atoms with Crippen molar-refractivity contribution >= 4 is 28.6 Å². The van der Waals surface area contributed by atoms with Gasteiger partial charge in [0.05, 0.1) is 4.43 Å². The maximum atomic E-state index is 12.2. The first-order chi connectivity index (χ1) is 16.2. The fourth-order valence-corrected chi connectivity index (χ4v) is 12.3.